The van der Waals surface area contributed by atoms with Crippen LogP contribution in [0.15, 0.2) is 143 Å². The van der Waals surface area contributed by atoms with Crippen molar-refractivity contribution in [2.24, 2.45) is 0 Å². The second-order valence-electron chi connectivity index (χ2n) is 10.5. The fraction of sp³-hybridized carbons (Fsp3) is 0.0278. The summed E-state index contributed by atoms with van der Waals surface area (Å²) in [6, 6.07) is 44.4. The molecule has 0 saturated carbocycles. The number of ether oxygens (including phenoxy) is 1. The molecule has 2 aliphatic heterocycles. The van der Waals surface area contributed by atoms with Gasteiger partial charge in [0.15, 0.2) is 0 Å². The molecule has 0 N–H and O–H groups in total. The molecule has 2 aliphatic rings. The maximum absolute atomic E-state index is 6.57. The first-order valence-corrected chi connectivity index (χ1v) is 14.8. The van der Waals surface area contributed by atoms with E-state index in [2.05, 4.69) is 129 Å². The second kappa shape index (κ2) is 9.16. The van der Waals surface area contributed by atoms with E-state index < -0.39 is 0 Å². The van der Waals surface area contributed by atoms with Crippen molar-refractivity contribution >= 4 is 56.3 Å². The standard InChI is InChI=1S/C36H24N4OS/c1-2-9-24(10-3-1)38-23-39-32-22-26(17-19-33(32)42-34-14-8-13-30(38)36(34)39)41-25-16-18-28-27-11-4-5-12-29(27)40(31(28)21-25)35-15-6-7-20-37-35/h1-22H,23H2. The predicted octanol–water partition coefficient (Wildman–Crippen LogP) is 9.68. The van der Waals surface area contributed by atoms with E-state index in [1.807, 2.05) is 36.2 Å². The summed E-state index contributed by atoms with van der Waals surface area (Å²) < 4.78 is 8.78. The minimum atomic E-state index is 0.753. The highest BCUT2D eigenvalue weighted by molar-refractivity contribution is 7.99. The van der Waals surface area contributed by atoms with E-state index >= 15 is 0 Å². The average molecular weight is 561 g/mol. The third-order valence-corrected chi connectivity index (χ3v) is 9.20. The van der Waals surface area contributed by atoms with Gasteiger partial charge in [0.25, 0.3) is 0 Å². The van der Waals surface area contributed by atoms with Crippen LogP contribution in [0.1, 0.15) is 0 Å². The Labute approximate surface area is 247 Å². The van der Waals surface area contributed by atoms with Crippen LogP contribution in [0, 0.1) is 0 Å². The molecule has 0 aliphatic carbocycles. The maximum Gasteiger partial charge on any atom is 0.137 e. The van der Waals surface area contributed by atoms with Crippen LogP contribution in [0.3, 0.4) is 0 Å². The van der Waals surface area contributed by atoms with Gasteiger partial charge in [-0.3, -0.25) is 4.57 Å². The van der Waals surface area contributed by atoms with Gasteiger partial charge >= 0.3 is 0 Å². The third-order valence-electron chi connectivity index (χ3n) is 8.09. The average Bonchev–Trinajstić information content (AvgIpc) is 3.60. The van der Waals surface area contributed by atoms with Crippen LogP contribution < -0.4 is 14.5 Å². The number of rotatable bonds is 4. The molecule has 2 aromatic heterocycles. The van der Waals surface area contributed by atoms with Crippen LogP contribution in [-0.4, -0.2) is 16.2 Å². The lowest BCUT2D eigenvalue weighted by Gasteiger charge is -2.28. The first-order valence-electron chi connectivity index (χ1n) is 14.0. The van der Waals surface area contributed by atoms with Crippen LogP contribution in [-0.2, 0) is 0 Å². The first kappa shape index (κ1) is 23.5. The van der Waals surface area contributed by atoms with Gasteiger partial charge in [-0.05, 0) is 66.7 Å². The first-order chi connectivity index (χ1) is 20.8. The molecule has 5 aromatic carbocycles. The van der Waals surface area contributed by atoms with Crippen molar-refractivity contribution < 1.29 is 4.74 Å². The zero-order chi connectivity index (χ0) is 27.6. The van der Waals surface area contributed by atoms with Gasteiger partial charge in [-0.1, -0.05) is 60.3 Å². The minimum absolute atomic E-state index is 0.753. The predicted molar refractivity (Wildman–Crippen MR) is 171 cm³/mol. The number of pyridine rings is 1. The SMILES string of the molecule is c1ccc(N2CN3c4cc(Oc5ccc6c7ccccc7n(-c7ccccn7)c6c5)ccc4Sc4cccc2c43)cc1. The maximum atomic E-state index is 6.57. The highest BCUT2D eigenvalue weighted by Gasteiger charge is 2.35. The van der Waals surface area contributed by atoms with Gasteiger partial charge in [0, 0.05) is 44.6 Å². The van der Waals surface area contributed by atoms with Crippen molar-refractivity contribution in [3.05, 3.63) is 134 Å². The minimum Gasteiger partial charge on any atom is -0.457 e. The molecule has 5 nitrogen and oxygen atoms in total. The van der Waals surface area contributed by atoms with Crippen molar-refractivity contribution in [1.82, 2.24) is 9.55 Å². The van der Waals surface area contributed by atoms with E-state index in [9.17, 15) is 0 Å². The van der Waals surface area contributed by atoms with E-state index in [0.717, 1.165) is 35.0 Å². The molecule has 42 heavy (non-hydrogen) atoms. The van der Waals surface area contributed by atoms with Crippen LogP contribution >= 0.6 is 11.8 Å². The summed E-state index contributed by atoms with van der Waals surface area (Å²) in [7, 11) is 0. The zero-order valence-electron chi connectivity index (χ0n) is 22.5. The lowest BCUT2D eigenvalue weighted by molar-refractivity contribution is 0.483. The van der Waals surface area contributed by atoms with Gasteiger partial charge in [-0.2, -0.15) is 0 Å². The molecule has 200 valence electrons. The molecule has 0 spiro atoms. The van der Waals surface area contributed by atoms with Crippen LogP contribution in [0.4, 0.5) is 22.7 Å². The van der Waals surface area contributed by atoms with Crippen molar-refractivity contribution in [2.75, 3.05) is 16.5 Å². The molecule has 0 atom stereocenters. The molecule has 6 heteroatoms. The topological polar surface area (TPSA) is 33.5 Å². The number of anilines is 4. The lowest BCUT2D eigenvalue weighted by Crippen LogP contribution is -2.25. The molecule has 0 fully saturated rings. The van der Waals surface area contributed by atoms with Crippen molar-refractivity contribution in [2.45, 2.75) is 9.79 Å². The van der Waals surface area contributed by atoms with Gasteiger partial charge in [0.1, 0.15) is 24.0 Å². The number of fused-ring (bicyclic) bond motifs is 5. The number of aromatic nitrogens is 2. The Bertz CT molecular complexity index is 2140. The number of benzene rings is 5. The molecular weight excluding hydrogens is 536 g/mol. The molecule has 0 amide bonds. The fourth-order valence-electron chi connectivity index (χ4n) is 6.25. The van der Waals surface area contributed by atoms with Gasteiger partial charge in [-0.15, -0.1) is 0 Å². The smallest absolute Gasteiger partial charge is 0.137 e. The third kappa shape index (κ3) is 3.55. The summed E-state index contributed by atoms with van der Waals surface area (Å²) >= 11 is 1.82. The van der Waals surface area contributed by atoms with Gasteiger partial charge < -0.3 is 14.5 Å². The number of nitrogens with zero attached hydrogens (tertiary/aromatic N) is 4. The summed E-state index contributed by atoms with van der Waals surface area (Å²) in [4.78, 5) is 12.0. The van der Waals surface area contributed by atoms with Crippen LogP contribution in [0.25, 0.3) is 27.6 Å². The quantitative estimate of drug-likeness (QED) is 0.214. The molecule has 0 unspecified atom stereocenters. The van der Waals surface area contributed by atoms with E-state index in [-0.39, 0.29) is 0 Å². The largest absolute Gasteiger partial charge is 0.457 e. The lowest BCUT2D eigenvalue weighted by atomic mass is 10.1. The van der Waals surface area contributed by atoms with Gasteiger partial charge in [0.05, 0.1) is 28.1 Å². The molecule has 0 bridgehead atoms. The molecule has 9 rings (SSSR count). The number of hydrogen-bond donors (Lipinski definition) is 0. The van der Waals surface area contributed by atoms with Crippen LogP contribution in [0.5, 0.6) is 11.5 Å². The molecular formula is C36H24N4OS. The Hall–Kier alpha value is -5.20. The van der Waals surface area contributed by atoms with Gasteiger partial charge in [-0.25, -0.2) is 4.98 Å². The summed E-state index contributed by atoms with van der Waals surface area (Å²) in [5.41, 5.74) is 7.04. The van der Waals surface area contributed by atoms with E-state index in [1.54, 1.807) is 0 Å². The second-order valence-corrected chi connectivity index (χ2v) is 11.6. The van der Waals surface area contributed by atoms with Crippen molar-refractivity contribution in [1.29, 1.82) is 0 Å². The summed E-state index contributed by atoms with van der Waals surface area (Å²) in [6.45, 7) is 0.753. The Kier molecular flexibility index (Phi) is 5.12. The summed E-state index contributed by atoms with van der Waals surface area (Å²) in [5, 5.41) is 2.37. The van der Waals surface area contributed by atoms with E-state index in [1.165, 1.54) is 43.3 Å². The van der Waals surface area contributed by atoms with Crippen LogP contribution in [0.2, 0.25) is 0 Å². The Morgan fingerprint density at radius 1 is 0.595 bits per heavy atom. The summed E-state index contributed by atoms with van der Waals surface area (Å²) in [6.07, 6.45) is 1.84. The fourth-order valence-corrected chi connectivity index (χ4v) is 7.36. The highest BCUT2D eigenvalue weighted by atomic mass is 32.2. The Balaban J connectivity index is 1.11. The zero-order valence-corrected chi connectivity index (χ0v) is 23.3. The van der Waals surface area contributed by atoms with E-state index in [0.29, 0.717) is 0 Å². The molecule has 4 heterocycles. The molecule has 0 radical (unpaired) electrons. The number of para-hydroxylation sites is 3. The van der Waals surface area contributed by atoms with E-state index in [4.69, 9.17) is 4.74 Å². The monoisotopic (exact) mass is 560 g/mol. The Morgan fingerprint density at radius 3 is 2.31 bits per heavy atom. The molecule has 0 saturated heterocycles. The summed E-state index contributed by atoms with van der Waals surface area (Å²) in [5.74, 6) is 2.49. The molecule has 7 aromatic rings. The van der Waals surface area contributed by atoms with Gasteiger partial charge in [0.2, 0.25) is 0 Å². The Morgan fingerprint density at radius 2 is 1.40 bits per heavy atom. The highest BCUT2D eigenvalue weighted by Crippen LogP contribution is 2.56. The number of hydrogen-bond acceptors (Lipinski definition) is 5. The normalized spacial score (nSPS) is 13.4. The van der Waals surface area contributed by atoms with Crippen molar-refractivity contribution in [3.8, 4) is 17.3 Å². The van der Waals surface area contributed by atoms with Crippen molar-refractivity contribution in [3.63, 3.8) is 0 Å².